The number of rotatable bonds is 6. The summed E-state index contributed by atoms with van der Waals surface area (Å²) in [6.45, 7) is 0. The van der Waals surface area contributed by atoms with E-state index < -0.39 is 44.4 Å². The van der Waals surface area contributed by atoms with E-state index in [-0.39, 0.29) is 0 Å². The molecular weight excluding hydrogens is 261 g/mol. The minimum Gasteiger partial charge on any atom is -0.481 e. The molecule has 1 amide bonds. The van der Waals surface area contributed by atoms with Gasteiger partial charge in [-0.2, -0.15) is 0 Å². The molecule has 0 unspecified atom stereocenters. The largest absolute Gasteiger partial charge is 0.481 e. The zero-order valence-electron chi connectivity index (χ0n) is 8.27. The molecule has 0 saturated carbocycles. The van der Waals surface area contributed by atoms with E-state index in [4.69, 9.17) is 20.0 Å². The zero-order valence-corrected chi connectivity index (χ0v) is 9.16. The van der Waals surface area contributed by atoms with Gasteiger partial charge in [0.1, 0.15) is 6.04 Å². The molecule has 0 aromatic rings. The third-order valence-corrected chi connectivity index (χ3v) is 1.80. The van der Waals surface area contributed by atoms with E-state index in [0.29, 0.717) is 0 Å². The highest BCUT2D eigenvalue weighted by Crippen LogP contribution is 2.33. The first-order chi connectivity index (χ1) is 7.61. The lowest BCUT2D eigenvalue weighted by molar-refractivity contribution is -0.145. The Morgan fingerprint density at radius 2 is 1.76 bits per heavy atom. The molecule has 5 N–H and O–H groups in total. The number of hydrogen-bond donors (Lipinski definition) is 5. The fourth-order valence-corrected chi connectivity index (χ4v) is 0.987. The number of ether oxygens (including phenoxy) is 1. The van der Waals surface area contributed by atoms with Crippen molar-refractivity contribution in [3.63, 3.8) is 0 Å². The van der Waals surface area contributed by atoms with Crippen LogP contribution >= 0.6 is 7.60 Å². The maximum atomic E-state index is 10.9. The molecule has 0 aromatic carbocycles. The van der Waals surface area contributed by atoms with E-state index >= 15 is 0 Å². The molecular formula is C6H10NO9P. The molecule has 0 spiro atoms. The lowest BCUT2D eigenvalue weighted by Gasteiger charge is -2.12. The molecule has 0 bridgehead atoms. The average Bonchev–Trinajstić information content (AvgIpc) is 2.11. The summed E-state index contributed by atoms with van der Waals surface area (Å²) in [7, 11) is -4.56. The molecule has 0 aliphatic carbocycles. The Hall–Kier alpha value is -1.64. The molecule has 0 heterocycles. The summed E-state index contributed by atoms with van der Waals surface area (Å²) in [5.41, 5.74) is 0. The van der Waals surface area contributed by atoms with Crippen LogP contribution in [0.2, 0.25) is 0 Å². The number of carbonyl (C=O) groups is 3. The van der Waals surface area contributed by atoms with Gasteiger partial charge in [0.2, 0.25) is 0 Å². The Kier molecular flexibility index (Phi) is 5.59. The first-order valence-electron chi connectivity index (χ1n) is 4.04. The Balaban J connectivity index is 4.27. The fourth-order valence-electron chi connectivity index (χ4n) is 0.701. The summed E-state index contributed by atoms with van der Waals surface area (Å²) in [5.74, 6) is -3.08. The third-order valence-electron chi connectivity index (χ3n) is 1.33. The molecule has 11 heteroatoms. The lowest BCUT2D eigenvalue weighted by Crippen LogP contribution is -2.42. The van der Waals surface area contributed by atoms with Crippen molar-refractivity contribution in [2.24, 2.45) is 0 Å². The average molecular weight is 271 g/mol. The molecule has 98 valence electrons. The third kappa shape index (κ3) is 8.20. The van der Waals surface area contributed by atoms with Crippen LogP contribution in [0.5, 0.6) is 0 Å². The van der Waals surface area contributed by atoms with Gasteiger partial charge in [0.05, 0.1) is 6.42 Å². The number of hydrogen-bond acceptors (Lipinski definition) is 5. The number of amides is 1. The van der Waals surface area contributed by atoms with E-state index in [1.165, 1.54) is 0 Å². The van der Waals surface area contributed by atoms with Crippen LogP contribution in [0, 0.1) is 0 Å². The molecule has 1 atom stereocenters. The predicted molar refractivity (Wildman–Crippen MR) is 50.2 cm³/mol. The molecule has 10 nitrogen and oxygen atoms in total. The van der Waals surface area contributed by atoms with Crippen LogP contribution < -0.4 is 5.32 Å². The number of nitrogens with one attached hydrogen (secondary N) is 1. The monoisotopic (exact) mass is 271 g/mol. The Labute approximate surface area is 94.4 Å². The first-order valence-corrected chi connectivity index (χ1v) is 5.84. The Bertz CT molecular complexity index is 360. The van der Waals surface area contributed by atoms with Gasteiger partial charge in [0.15, 0.2) is 6.35 Å². The number of aliphatic carboxylic acids is 2. The van der Waals surface area contributed by atoms with Crippen molar-refractivity contribution in [2.45, 2.75) is 12.5 Å². The summed E-state index contributed by atoms with van der Waals surface area (Å²) in [6.07, 6.45) is -3.54. The van der Waals surface area contributed by atoms with Crippen molar-refractivity contribution in [3.05, 3.63) is 0 Å². The second-order valence-electron chi connectivity index (χ2n) is 2.86. The molecule has 0 aliphatic rings. The van der Waals surface area contributed by atoms with E-state index in [0.717, 1.165) is 0 Å². The van der Waals surface area contributed by atoms with E-state index in [1.807, 2.05) is 0 Å². The predicted octanol–water partition coefficient (Wildman–Crippen LogP) is -1.22. The maximum absolute atomic E-state index is 10.9. The highest BCUT2D eigenvalue weighted by Gasteiger charge is 2.25. The standard InChI is InChI=1S/C6H10NO9P/c8-4(9)1-3(5(10)11)7-6(12)16-2-17(13,14)15/h3H,1-2H2,(H,7,12)(H,8,9)(H,10,11)(H2,13,14,15)/t3-/m0/s1. The summed E-state index contributed by atoms with van der Waals surface area (Å²) < 4.78 is 14.3. The fraction of sp³-hybridized carbons (Fsp3) is 0.500. The van der Waals surface area contributed by atoms with Gasteiger partial charge in [-0.3, -0.25) is 9.36 Å². The summed E-state index contributed by atoms with van der Waals surface area (Å²) in [4.78, 5) is 48.3. The lowest BCUT2D eigenvalue weighted by atomic mass is 10.2. The molecule has 0 aliphatic heterocycles. The van der Waals surface area contributed by atoms with Crippen LogP contribution in [0.25, 0.3) is 0 Å². The van der Waals surface area contributed by atoms with Gasteiger partial charge in [0.25, 0.3) is 0 Å². The quantitative estimate of drug-likeness (QED) is 0.371. The molecule has 0 rings (SSSR count). The highest BCUT2D eigenvalue weighted by atomic mass is 31.2. The van der Waals surface area contributed by atoms with Crippen molar-refractivity contribution in [2.75, 3.05) is 6.35 Å². The number of carbonyl (C=O) groups excluding carboxylic acids is 1. The van der Waals surface area contributed by atoms with Gasteiger partial charge in [-0.1, -0.05) is 0 Å². The van der Waals surface area contributed by atoms with E-state index in [1.54, 1.807) is 5.32 Å². The van der Waals surface area contributed by atoms with Crippen LogP contribution in [-0.4, -0.2) is 50.4 Å². The smallest absolute Gasteiger partial charge is 0.408 e. The summed E-state index contributed by atoms with van der Waals surface area (Å²) in [5, 5.41) is 18.5. The van der Waals surface area contributed by atoms with Crippen molar-refractivity contribution >= 4 is 25.6 Å². The normalized spacial score (nSPS) is 12.6. The van der Waals surface area contributed by atoms with Crippen molar-refractivity contribution in [3.8, 4) is 0 Å². The van der Waals surface area contributed by atoms with E-state index in [2.05, 4.69) is 4.74 Å². The van der Waals surface area contributed by atoms with Crippen LogP contribution in [0.4, 0.5) is 4.79 Å². The molecule has 17 heavy (non-hydrogen) atoms. The minimum atomic E-state index is -4.56. The van der Waals surface area contributed by atoms with Crippen LogP contribution in [0.3, 0.4) is 0 Å². The minimum absolute atomic E-state index is 0.889. The first kappa shape index (κ1) is 15.4. The number of alkyl carbamates (subject to hydrolysis) is 1. The van der Waals surface area contributed by atoms with Crippen molar-refractivity contribution in [1.29, 1.82) is 0 Å². The second-order valence-corrected chi connectivity index (χ2v) is 4.45. The molecule has 0 aromatic heterocycles. The topological polar surface area (TPSA) is 170 Å². The van der Waals surface area contributed by atoms with Gasteiger partial charge >= 0.3 is 25.6 Å². The Morgan fingerprint density at radius 1 is 1.24 bits per heavy atom. The Morgan fingerprint density at radius 3 is 2.12 bits per heavy atom. The van der Waals surface area contributed by atoms with Crippen LogP contribution in [0.1, 0.15) is 6.42 Å². The van der Waals surface area contributed by atoms with Crippen LogP contribution in [0.15, 0.2) is 0 Å². The molecule has 0 fully saturated rings. The van der Waals surface area contributed by atoms with Gasteiger partial charge < -0.3 is 30.1 Å². The van der Waals surface area contributed by atoms with Gasteiger partial charge in [0, 0.05) is 0 Å². The second kappa shape index (κ2) is 6.18. The molecule has 0 radical (unpaired) electrons. The highest BCUT2D eigenvalue weighted by molar-refractivity contribution is 7.51. The van der Waals surface area contributed by atoms with Gasteiger partial charge in [-0.25, -0.2) is 9.59 Å². The SMILES string of the molecule is O=C(O)C[C@H](NC(=O)OCP(=O)(O)O)C(=O)O. The summed E-state index contributed by atoms with van der Waals surface area (Å²) in [6, 6.07) is -1.74. The summed E-state index contributed by atoms with van der Waals surface area (Å²) >= 11 is 0. The zero-order chi connectivity index (χ0) is 13.6. The molecule has 0 saturated heterocycles. The van der Waals surface area contributed by atoms with Crippen LogP contribution in [-0.2, 0) is 18.9 Å². The maximum Gasteiger partial charge on any atom is 0.408 e. The number of carboxylic acids is 2. The number of carboxylic acid groups (broad SMARTS) is 2. The van der Waals surface area contributed by atoms with E-state index in [9.17, 15) is 18.9 Å². The van der Waals surface area contributed by atoms with Crippen molar-refractivity contribution in [1.82, 2.24) is 5.32 Å². The van der Waals surface area contributed by atoms with Crippen molar-refractivity contribution < 1.29 is 43.7 Å². The van der Waals surface area contributed by atoms with Gasteiger partial charge in [-0.05, 0) is 0 Å². The van der Waals surface area contributed by atoms with Gasteiger partial charge in [-0.15, -0.1) is 0 Å².